The molecule has 0 aliphatic rings. The van der Waals surface area contributed by atoms with Crippen LogP contribution in [0.2, 0.25) is 0 Å². The summed E-state index contributed by atoms with van der Waals surface area (Å²) in [5, 5.41) is 0. The summed E-state index contributed by atoms with van der Waals surface area (Å²) in [6, 6.07) is 0. The van der Waals surface area contributed by atoms with Crippen LogP contribution in [0, 0.1) is 0 Å². The fourth-order valence-corrected chi connectivity index (χ4v) is 0.636. The monoisotopic (exact) mass is 269 g/mol. The Morgan fingerprint density at radius 1 is 1.12 bits per heavy atom. The first-order valence-corrected chi connectivity index (χ1v) is 3.76. The molecule has 0 saturated heterocycles. The molecule has 0 aliphatic carbocycles. The number of ether oxygens (including phenoxy) is 1. The minimum Gasteiger partial charge on any atom is -0.466 e. The predicted octanol–water partition coefficient (Wildman–Crippen LogP) is 1.83. The summed E-state index contributed by atoms with van der Waals surface area (Å²) in [6.45, 7) is 0. The van der Waals surface area contributed by atoms with Crippen molar-refractivity contribution in [2.45, 2.75) is 18.0 Å². The molecule has 17 heavy (non-hydrogen) atoms. The number of alkyl halides is 7. The Hall–Kier alpha value is -1.48. The van der Waals surface area contributed by atoms with Crippen molar-refractivity contribution in [3.8, 4) is 0 Å². The Bertz CT molecular complexity index is 334. The van der Waals surface area contributed by atoms with Crippen molar-refractivity contribution in [3.63, 3.8) is 0 Å². The molecule has 0 saturated carbocycles. The van der Waals surface area contributed by atoms with Crippen molar-refractivity contribution in [2.24, 2.45) is 5.73 Å². The zero-order valence-electron chi connectivity index (χ0n) is 8.12. The SMILES string of the molecule is COC(=O)C=C(N)C(F)(F)C(F)(F)C(F)(F)F. The van der Waals surface area contributed by atoms with E-state index in [4.69, 9.17) is 0 Å². The van der Waals surface area contributed by atoms with Crippen LogP contribution in [0.1, 0.15) is 0 Å². The number of hydrogen-bond donors (Lipinski definition) is 1. The van der Waals surface area contributed by atoms with Gasteiger partial charge in [-0.05, 0) is 0 Å². The molecule has 3 nitrogen and oxygen atoms in total. The Morgan fingerprint density at radius 2 is 1.53 bits per heavy atom. The molecule has 0 unspecified atom stereocenters. The maximum Gasteiger partial charge on any atom is 0.460 e. The normalized spacial score (nSPS) is 14.7. The molecule has 0 aliphatic heterocycles. The number of carbonyl (C=O) groups is 1. The van der Waals surface area contributed by atoms with Gasteiger partial charge in [-0.15, -0.1) is 0 Å². The number of carbonyl (C=O) groups excluding carboxylic acids is 1. The van der Waals surface area contributed by atoms with Gasteiger partial charge in [0.1, 0.15) is 0 Å². The van der Waals surface area contributed by atoms with Gasteiger partial charge in [0.25, 0.3) is 0 Å². The van der Waals surface area contributed by atoms with E-state index in [9.17, 15) is 35.5 Å². The summed E-state index contributed by atoms with van der Waals surface area (Å²) in [4.78, 5) is 10.4. The number of rotatable bonds is 3. The molecule has 0 spiro atoms. The third-order valence-corrected chi connectivity index (χ3v) is 1.59. The number of esters is 1. The van der Waals surface area contributed by atoms with E-state index in [0.717, 1.165) is 0 Å². The Balaban J connectivity index is 5.42. The van der Waals surface area contributed by atoms with Gasteiger partial charge in [-0.1, -0.05) is 0 Å². The topological polar surface area (TPSA) is 52.3 Å². The first-order chi connectivity index (χ1) is 7.38. The van der Waals surface area contributed by atoms with Gasteiger partial charge in [0.15, 0.2) is 0 Å². The summed E-state index contributed by atoms with van der Waals surface area (Å²) >= 11 is 0. The van der Waals surface area contributed by atoms with E-state index in [2.05, 4.69) is 10.5 Å². The summed E-state index contributed by atoms with van der Waals surface area (Å²) < 4.78 is 89.0. The van der Waals surface area contributed by atoms with Gasteiger partial charge in [-0.2, -0.15) is 30.7 Å². The molecule has 100 valence electrons. The van der Waals surface area contributed by atoms with E-state index in [1.54, 1.807) is 0 Å². The maximum absolute atomic E-state index is 12.7. The van der Waals surface area contributed by atoms with Gasteiger partial charge in [0.2, 0.25) is 0 Å². The van der Waals surface area contributed by atoms with Crippen molar-refractivity contribution in [3.05, 3.63) is 11.8 Å². The van der Waals surface area contributed by atoms with Gasteiger partial charge in [-0.3, -0.25) is 0 Å². The second-order valence-corrected chi connectivity index (χ2v) is 2.77. The van der Waals surface area contributed by atoms with Crippen LogP contribution in [-0.2, 0) is 9.53 Å². The maximum atomic E-state index is 12.7. The second-order valence-electron chi connectivity index (χ2n) is 2.77. The van der Waals surface area contributed by atoms with Crippen LogP contribution in [0.25, 0.3) is 0 Å². The first kappa shape index (κ1) is 15.5. The molecule has 0 bridgehead atoms. The highest BCUT2D eigenvalue weighted by molar-refractivity contribution is 5.82. The number of methoxy groups -OCH3 is 1. The van der Waals surface area contributed by atoms with Crippen molar-refractivity contribution in [1.82, 2.24) is 0 Å². The highest BCUT2D eigenvalue weighted by Gasteiger charge is 2.74. The Morgan fingerprint density at radius 3 is 1.82 bits per heavy atom. The smallest absolute Gasteiger partial charge is 0.460 e. The van der Waals surface area contributed by atoms with E-state index < -0.39 is 29.7 Å². The minimum absolute atomic E-state index is 0.348. The number of allylic oxidation sites excluding steroid dienone is 1. The second kappa shape index (κ2) is 4.41. The quantitative estimate of drug-likeness (QED) is 0.483. The lowest BCUT2D eigenvalue weighted by Crippen LogP contribution is -2.54. The van der Waals surface area contributed by atoms with Crippen LogP contribution < -0.4 is 5.73 Å². The van der Waals surface area contributed by atoms with Gasteiger partial charge in [0.05, 0.1) is 12.8 Å². The molecule has 0 atom stereocenters. The summed E-state index contributed by atoms with van der Waals surface area (Å²) in [6.07, 6.45) is -6.86. The summed E-state index contributed by atoms with van der Waals surface area (Å²) in [5.74, 6) is -13.7. The third kappa shape index (κ3) is 2.80. The number of halogens is 7. The largest absolute Gasteiger partial charge is 0.466 e. The predicted molar refractivity (Wildman–Crippen MR) is 40.2 cm³/mol. The Kier molecular flexibility index (Phi) is 4.03. The van der Waals surface area contributed by atoms with Crippen LogP contribution in [0.5, 0.6) is 0 Å². The molecule has 0 aromatic carbocycles. The van der Waals surface area contributed by atoms with E-state index >= 15 is 0 Å². The van der Waals surface area contributed by atoms with E-state index in [1.807, 2.05) is 0 Å². The highest BCUT2D eigenvalue weighted by Crippen LogP contribution is 2.48. The lowest BCUT2D eigenvalue weighted by molar-refractivity contribution is -0.344. The van der Waals surface area contributed by atoms with Gasteiger partial charge >= 0.3 is 24.0 Å². The van der Waals surface area contributed by atoms with Crippen LogP contribution in [0.3, 0.4) is 0 Å². The van der Waals surface area contributed by atoms with Crippen molar-refractivity contribution in [1.29, 1.82) is 0 Å². The molecule has 0 aromatic heterocycles. The average molecular weight is 269 g/mol. The molecular formula is C7H6F7NO2. The fraction of sp³-hybridized carbons (Fsp3) is 0.571. The zero-order valence-corrected chi connectivity index (χ0v) is 8.12. The van der Waals surface area contributed by atoms with E-state index in [-0.39, 0.29) is 6.08 Å². The van der Waals surface area contributed by atoms with Crippen LogP contribution >= 0.6 is 0 Å². The van der Waals surface area contributed by atoms with Crippen molar-refractivity contribution >= 4 is 5.97 Å². The van der Waals surface area contributed by atoms with E-state index in [0.29, 0.717) is 7.11 Å². The van der Waals surface area contributed by atoms with Gasteiger partial charge < -0.3 is 10.5 Å². The Labute approximate surface area is 90.0 Å². The van der Waals surface area contributed by atoms with Crippen LogP contribution in [0.4, 0.5) is 30.7 Å². The van der Waals surface area contributed by atoms with Crippen molar-refractivity contribution in [2.75, 3.05) is 7.11 Å². The molecule has 0 amide bonds. The molecule has 10 heteroatoms. The fourth-order valence-electron chi connectivity index (χ4n) is 0.636. The molecule has 0 rings (SSSR count). The number of hydrogen-bond acceptors (Lipinski definition) is 3. The highest BCUT2D eigenvalue weighted by atomic mass is 19.4. The molecule has 0 radical (unpaired) electrons. The molecular weight excluding hydrogens is 263 g/mol. The molecule has 0 aromatic rings. The van der Waals surface area contributed by atoms with Crippen LogP contribution in [-0.4, -0.2) is 31.1 Å². The molecule has 0 heterocycles. The first-order valence-electron chi connectivity index (χ1n) is 3.76. The van der Waals surface area contributed by atoms with E-state index in [1.165, 1.54) is 0 Å². The lowest BCUT2D eigenvalue weighted by atomic mass is 10.1. The van der Waals surface area contributed by atoms with Gasteiger partial charge in [0, 0.05) is 6.08 Å². The zero-order chi connectivity index (χ0) is 14.1. The lowest BCUT2D eigenvalue weighted by Gasteiger charge is -2.28. The minimum atomic E-state index is -6.51. The standard InChI is InChI=1S/C7H6F7NO2/c1-17-4(16)2-3(15)5(8,9)6(10,11)7(12,13)14/h2H,15H2,1H3. The van der Waals surface area contributed by atoms with Crippen LogP contribution in [0.15, 0.2) is 11.8 Å². The summed E-state index contributed by atoms with van der Waals surface area (Å²) in [7, 11) is 0.701. The van der Waals surface area contributed by atoms with Crippen molar-refractivity contribution < 1.29 is 40.3 Å². The average Bonchev–Trinajstić information content (AvgIpc) is 2.15. The van der Waals surface area contributed by atoms with Gasteiger partial charge in [-0.25, -0.2) is 4.79 Å². The summed E-state index contributed by atoms with van der Waals surface area (Å²) in [5.41, 5.74) is 2.10. The third-order valence-electron chi connectivity index (χ3n) is 1.59. The molecule has 2 N–H and O–H groups in total. The number of nitrogens with two attached hydrogens (primary N) is 1. The molecule has 0 fully saturated rings.